The molecule has 3 aromatic rings. The number of likely N-dealkylation sites (tertiary alicyclic amines) is 1. The first-order chi connectivity index (χ1) is 13.7. The van der Waals surface area contributed by atoms with E-state index in [9.17, 15) is 4.79 Å². The van der Waals surface area contributed by atoms with Gasteiger partial charge in [0, 0.05) is 44.3 Å². The molecule has 4 heterocycles. The van der Waals surface area contributed by atoms with Crippen LogP contribution < -0.4 is 10.6 Å². The molecule has 28 heavy (non-hydrogen) atoms. The van der Waals surface area contributed by atoms with Crippen LogP contribution in [0.2, 0.25) is 0 Å². The van der Waals surface area contributed by atoms with Crippen molar-refractivity contribution in [3.05, 3.63) is 59.2 Å². The van der Waals surface area contributed by atoms with Crippen molar-refractivity contribution in [2.45, 2.75) is 13.0 Å². The fourth-order valence-corrected chi connectivity index (χ4v) is 5.68. The van der Waals surface area contributed by atoms with Crippen LogP contribution in [0.4, 0.5) is 5.69 Å². The number of rotatable bonds is 4. The summed E-state index contributed by atoms with van der Waals surface area (Å²) in [6.07, 6.45) is 4.98. The lowest BCUT2D eigenvalue weighted by Gasteiger charge is -2.36. The SMILES string of the molecule is NC(=O)c1cc2c(N3CCC4CN(Cc5ccccc5)CC4C3)cncc2s1. The molecular weight excluding hydrogens is 368 g/mol. The summed E-state index contributed by atoms with van der Waals surface area (Å²) in [5, 5.41) is 1.10. The molecule has 0 bridgehead atoms. The van der Waals surface area contributed by atoms with Crippen LogP contribution in [-0.2, 0) is 6.54 Å². The van der Waals surface area contributed by atoms with E-state index < -0.39 is 0 Å². The minimum atomic E-state index is -0.363. The van der Waals surface area contributed by atoms with E-state index in [1.54, 1.807) is 0 Å². The summed E-state index contributed by atoms with van der Waals surface area (Å²) >= 11 is 1.43. The average molecular weight is 393 g/mol. The van der Waals surface area contributed by atoms with Crippen LogP contribution in [-0.4, -0.2) is 42.0 Å². The van der Waals surface area contributed by atoms with Gasteiger partial charge in [0.1, 0.15) is 0 Å². The van der Waals surface area contributed by atoms with E-state index in [-0.39, 0.29) is 5.91 Å². The summed E-state index contributed by atoms with van der Waals surface area (Å²) in [6.45, 7) is 5.48. The molecule has 2 aromatic heterocycles. The minimum absolute atomic E-state index is 0.363. The smallest absolute Gasteiger partial charge is 0.258 e. The standard InChI is InChI=1S/C22H24N4OS/c23-22(27)20-8-18-19(9-24-10-21(18)28-20)26-7-6-16-12-25(13-17(16)14-26)11-15-4-2-1-3-5-15/h1-5,8-10,16-17H,6-7,11-14H2,(H2,23,27). The topological polar surface area (TPSA) is 62.5 Å². The molecule has 0 radical (unpaired) electrons. The predicted octanol–water partition coefficient (Wildman–Crippen LogP) is 3.35. The third-order valence-corrected chi connectivity index (χ3v) is 7.22. The van der Waals surface area contributed by atoms with Crippen molar-refractivity contribution in [2.24, 2.45) is 17.6 Å². The van der Waals surface area contributed by atoms with E-state index in [0.717, 1.165) is 47.9 Å². The number of primary amides is 1. The number of nitrogens with zero attached hydrogens (tertiary/aromatic N) is 3. The van der Waals surface area contributed by atoms with Crippen molar-refractivity contribution >= 4 is 33.0 Å². The summed E-state index contributed by atoms with van der Waals surface area (Å²) in [5.41, 5.74) is 8.02. The lowest BCUT2D eigenvalue weighted by molar-refractivity contribution is 0.100. The van der Waals surface area contributed by atoms with E-state index in [4.69, 9.17) is 5.73 Å². The van der Waals surface area contributed by atoms with Gasteiger partial charge in [-0.1, -0.05) is 30.3 Å². The molecule has 1 aromatic carbocycles. The van der Waals surface area contributed by atoms with Gasteiger partial charge in [0.15, 0.2) is 0 Å². The number of anilines is 1. The molecule has 0 saturated carbocycles. The number of fused-ring (bicyclic) bond motifs is 2. The van der Waals surface area contributed by atoms with Crippen molar-refractivity contribution in [3.63, 3.8) is 0 Å². The summed E-state index contributed by atoms with van der Waals surface area (Å²) in [7, 11) is 0. The van der Waals surface area contributed by atoms with Crippen LogP contribution in [0.25, 0.3) is 10.1 Å². The molecule has 2 saturated heterocycles. The summed E-state index contributed by atoms with van der Waals surface area (Å²) < 4.78 is 1.03. The van der Waals surface area contributed by atoms with Crippen molar-refractivity contribution in [1.82, 2.24) is 9.88 Å². The number of carbonyl (C=O) groups excluding carboxylic acids is 1. The van der Waals surface area contributed by atoms with Crippen molar-refractivity contribution in [1.29, 1.82) is 0 Å². The van der Waals surface area contributed by atoms with E-state index in [1.807, 2.05) is 18.5 Å². The van der Waals surface area contributed by atoms with Gasteiger partial charge in [-0.25, -0.2) is 0 Å². The maximum Gasteiger partial charge on any atom is 0.258 e. The number of hydrogen-bond acceptors (Lipinski definition) is 5. The zero-order valence-electron chi connectivity index (χ0n) is 15.8. The van der Waals surface area contributed by atoms with Crippen molar-refractivity contribution in [2.75, 3.05) is 31.1 Å². The van der Waals surface area contributed by atoms with Gasteiger partial charge in [0.25, 0.3) is 5.91 Å². The second-order valence-corrected chi connectivity index (χ2v) is 9.06. The summed E-state index contributed by atoms with van der Waals surface area (Å²) in [4.78, 5) is 21.7. The predicted molar refractivity (Wildman–Crippen MR) is 114 cm³/mol. The molecule has 5 nitrogen and oxygen atoms in total. The molecule has 6 heteroatoms. The Morgan fingerprint density at radius 2 is 1.96 bits per heavy atom. The molecule has 2 atom stereocenters. The number of benzene rings is 1. The molecular formula is C22H24N4OS. The van der Waals surface area contributed by atoms with Gasteiger partial charge in [-0.05, 0) is 29.9 Å². The molecule has 144 valence electrons. The number of hydrogen-bond donors (Lipinski definition) is 1. The molecule has 1 amide bonds. The van der Waals surface area contributed by atoms with Crippen LogP contribution in [0.1, 0.15) is 21.7 Å². The third kappa shape index (κ3) is 3.27. The highest BCUT2D eigenvalue weighted by Crippen LogP contribution is 2.38. The second kappa shape index (κ2) is 7.18. The zero-order valence-corrected chi connectivity index (χ0v) is 16.6. The summed E-state index contributed by atoms with van der Waals surface area (Å²) in [6, 6.07) is 12.7. The van der Waals surface area contributed by atoms with Crippen LogP contribution in [0.5, 0.6) is 0 Å². The Kier molecular flexibility index (Phi) is 4.53. The van der Waals surface area contributed by atoms with Crippen molar-refractivity contribution in [3.8, 4) is 0 Å². The Morgan fingerprint density at radius 3 is 2.79 bits per heavy atom. The number of nitrogens with two attached hydrogens (primary N) is 1. The monoisotopic (exact) mass is 392 g/mol. The molecule has 2 aliphatic heterocycles. The number of aromatic nitrogens is 1. The Bertz CT molecular complexity index is 1000. The van der Waals surface area contributed by atoms with Crippen LogP contribution in [0, 0.1) is 11.8 Å². The minimum Gasteiger partial charge on any atom is -0.369 e. The van der Waals surface area contributed by atoms with E-state index in [0.29, 0.717) is 10.8 Å². The summed E-state index contributed by atoms with van der Waals surface area (Å²) in [5.74, 6) is 1.09. The second-order valence-electron chi connectivity index (χ2n) is 7.98. The maximum absolute atomic E-state index is 11.6. The first-order valence-corrected chi connectivity index (χ1v) is 10.7. The van der Waals surface area contributed by atoms with Gasteiger partial charge >= 0.3 is 0 Å². The normalized spacial score (nSPS) is 22.5. The van der Waals surface area contributed by atoms with Gasteiger partial charge in [0.05, 0.1) is 21.5 Å². The Balaban J connectivity index is 1.33. The van der Waals surface area contributed by atoms with Gasteiger partial charge in [-0.2, -0.15) is 0 Å². The number of piperidine rings is 1. The number of carbonyl (C=O) groups is 1. The molecule has 5 rings (SSSR count). The highest BCUT2D eigenvalue weighted by molar-refractivity contribution is 7.20. The average Bonchev–Trinajstić information content (AvgIpc) is 3.31. The zero-order chi connectivity index (χ0) is 19.1. The van der Waals surface area contributed by atoms with E-state index in [1.165, 1.54) is 29.9 Å². The quantitative estimate of drug-likeness (QED) is 0.740. The van der Waals surface area contributed by atoms with Gasteiger partial charge < -0.3 is 10.6 Å². The first kappa shape index (κ1) is 17.6. The fraction of sp³-hybridized carbons (Fsp3) is 0.364. The van der Waals surface area contributed by atoms with Gasteiger partial charge in [0.2, 0.25) is 0 Å². The number of thiophene rings is 1. The maximum atomic E-state index is 11.6. The molecule has 2 unspecified atom stereocenters. The lowest BCUT2D eigenvalue weighted by Crippen LogP contribution is -2.40. The Labute approximate surface area is 168 Å². The Hall–Kier alpha value is -2.44. The van der Waals surface area contributed by atoms with Crippen molar-refractivity contribution < 1.29 is 4.79 Å². The first-order valence-electron chi connectivity index (χ1n) is 9.86. The Morgan fingerprint density at radius 1 is 1.14 bits per heavy atom. The largest absolute Gasteiger partial charge is 0.369 e. The molecule has 0 aliphatic carbocycles. The number of amides is 1. The highest BCUT2D eigenvalue weighted by atomic mass is 32.1. The molecule has 2 aliphatic rings. The third-order valence-electron chi connectivity index (χ3n) is 6.13. The molecule has 2 N–H and O–H groups in total. The molecule has 0 spiro atoms. The van der Waals surface area contributed by atoms with Gasteiger partial charge in [-0.15, -0.1) is 11.3 Å². The van der Waals surface area contributed by atoms with Crippen LogP contribution >= 0.6 is 11.3 Å². The van der Waals surface area contributed by atoms with Crippen LogP contribution in [0.15, 0.2) is 48.8 Å². The highest BCUT2D eigenvalue weighted by Gasteiger charge is 2.37. The van der Waals surface area contributed by atoms with Crippen LogP contribution in [0.3, 0.4) is 0 Å². The fourth-order valence-electron chi connectivity index (χ4n) is 4.78. The molecule has 2 fully saturated rings. The number of pyridine rings is 1. The lowest BCUT2D eigenvalue weighted by atomic mass is 9.88. The van der Waals surface area contributed by atoms with E-state index in [2.05, 4.69) is 45.1 Å². The van der Waals surface area contributed by atoms with Gasteiger partial charge in [-0.3, -0.25) is 14.7 Å². The van der Waals surface area contributed by atoms with E-state index >= 15 is 0 Å².